The lowest BCUT2D eigenvalue weighted by Crippen LogP contribution is -2.15. The van der Waals surface area contributed by atoms with Gasteiger partial charge < -0.3 is 9.47 Å². The van der Waals surface area contributed by atoms with E-state index < -0.39 is 0 Å². The maximum absolute atomic E-state index is 13.5. The number of halogens is 1. The van der Waals surface area contributed by atoms with Crippen molar-refractivity contribution in [3.8, 4) is 28.8 Å². The number of rotatable bonds is 2. The van der Waals surface area contributed by atoms with Crippen LogP contribution < -0.4 is 9.47 Å². The average molecular weight is 309 g/mol. The van der Waals surface area contributed by atoms with Crippen LogP contribution in [0.5, 0.6) is 11.5 Å². The molecule has 0 fully saturated rings. The zero-order valence-corrected chi connectivity index (χ0v) is 12.1. The summed E-state index contributed by atoms with van der Waals surface area (Å²) in [4.78, 5) is 4.54. The Morgan fingerprint density at radius 2 is 2.00 bits per heavy atom. The highest BCUT2D eigenvalue weighted by atomic mass is 19.1. The molecule has 0 radical (unpaired) electrons. The third kappa shape index (κ3) is 2.27. The summed E-state index contributed by atoms with van der Waals surface area (Å²) < 4.78 is 26.2. The third-order valence-corrected chi connectivity index (χ3v) is 3.74. The first-order valence-electron chi connectivity index (χ1n) is 7.20. The molecule has 2 aromatic heterocycles. The fourth-order valence-electron chi connectivity index (χ4n) is 2.73. The fraction of sp³-hybridized carbons (Fsp3) is 0.176. The van der Waals surface area contributed by atoms with Gasteiger partial charge in [-0.05, 0) is 30.3 Å². The smallest absolute Gasteiger partial charge is 0.162 e. The first-order chi connectivity index (χ1) is 11.3. The van der Waals surface area contributed by atoms with Gasteiger partial charge in [-0.25, -0.2) is 9.37 Å². The molecule has 3 heterocycles. The summed E-state index contributed by atoms with van der Waals surface area (Å²) in [5, 5.41) is 9.10. The summed E-state index contributed by atoms with van der Waals surface area (Å²) in [6.45, 7) is 1.03. The summed E-state index contributed by atoms with van der Waals surface area (Å²) in [7, 11) is 0. The van der Waals surface area contributed by atoms with Crippen LogP contribution in [0.3, 0.4) is 0 Å². The number of nitrogens with zero attached hydrogens (tertiary/aromatic N) is 3. The van der Waals surface area contributed by atoms with Gasteiger partial charge in [0.05, 0.1) is 23.9 Å². The molecule has 0 saturated carbocycles. The number of imidazole rings is 1. The quantitative estimate of drug-likeness (QED) is 0.730. The Morgan fingerprint density at radius 3 is 2.83 bits per heavy atom. The number of ether oxygens (including phenoxy) is 2. The number of fused-ring (bicyclic) bond motifs is 2. The van der Waals surface area contributed by atoms with Crippen molar-refractivity contribution in [2.24, 2.45) is 0 Å². The topological polar surface area (TPSA) is 59.5 Å². The van der Waals surface area contributed by atoms with E-state index in [0.717, 1.165) is 5.56 Å². The molecule has 3 aromatic rings. The average Bonchev–Trinajstić information content (AvgIpc) is 2.93. The summed E-state index contributed by atoms with van der Waals surface area (Å²) in [6, 6.07) is 10.6. The van der Waals surface area contributed by atoms with Crippen LogP contribution in [0, 0.1) is 17.1 Å². The van der Waals surface area contributed by atoms with E-state index in [-0.39, 0.29) is 12.2 Å². The third-order valence-electron chi connectivity index (χ3n) is 3.74. The lowest BCUT2D eigenvalue weighted by molar-refractivity contribution is 0.171. The lowest BCUT2D eigenvalue weighted by atomic mass is 10.1. The Labute approximate surface area is 131 Å². The Kier molecular flexibility index (Phi) is 3.12. The van der Waals surface area contributed by atoms with Crippen molar-refractivity contribution in [3.63, 3.8) is 0 Å². The first kappa shape index (κ1) is 13.6. The van der Waals surface area contributed by atoms with E-state index in [4.69, 9.17) is 14.7 Å². The summed E-state index contributed by atoms with van der Waals surface area (Å²) in [5.41, 5.74) is 2.71. The minimum absolute atomic E-state index is 0.133. The van der Waals surface area contributed by atoms with Crippen molar-refractivity contribution in [1.29, 1.82) is 5.26 Å². The maximum atomic E-state index is 13.5. The Hall–Kier alpha value is -3.07. The van der Waals surface area contributed by atoms with Gasteiger partial charge in [0, 0.05) is 11.8 Å². The van der Waals surface area contributed by atoms with Crippen LogP contribution in [-0.2, 0) is 6.42 Å². The predicted octanol–water partition coefficient (Wildman–Crippen LogP) is 2.98. The lowest BCUT2D eigenvalue weighted by Gasteiger charge is -2.18. The molecule has 0 aliphatic carbocycles. The zero-order valence-electron chi connectivity index (χ0n) is 12.1. The van der Waals surface area contributed by atoms with E-state index in [9.17, 15) is 4.39 Å². The molecule has 0 amide bonds. The van der Waals surface area contributed by atoms with Crippen molar-refractivity contribution in [2.45, 2.75) is 6.42 Å². The van der Waals surface area contributed by atoms with E-state index in [1.54, 1.807) is 10.5 Å². The monoisotopic (exact) mass is 309 g/mol. The van der Waals surface area contributed by atoms with Crippen LogP contribution in [0.4, 0.5) is 4.39 Å². The van der Waals surface area contributed by atoms with Gasteiger partial charge in [0.2, 0.25) is 0 Å². The standard InChI is InChI=1S/C17H12FN3O2/c18-12-2-4-16-20-17(13(5-6-19)21(16)10-12)11-1-3-14-15(9-11)23-8-7-22-14/h1-4,9-10H,5,7-8H2. The van der Waals surface area contributed by atoms with Gasteiger partial charge in [-0.1, -0.05) is 0 Å². The van der Waals surface area contributed by atoms with Crippen LogP contribution in [0.1, 0.15) is 5.69 Å². The Morgan fingerprint density at radius 1 is 1.17 bits per heavy atom. The molecule has 0 N–H and O–H groups in total. The summed E-state index contributed by atoms with van der Waals surface area (Å²) in [6.07, 6.45) is 1.48. The highest BCUT2D eigenvalue weighted by Crippen LogP contribution is 2.35. The maximum Gasteiger partial charge on any atom is 0.162 e. The molecule has 0 unspecified atom stereocenters. The van der Waals surface area contributed by atoms with Crippen LogP contribution in [0.25, 0.3) is 16.9 Å². The van der Waals surface area contributed by atoms with Crippen LogP contribution in [0.2, 0.25) is 0 Å². The minimum atomic E-state index is -0.372. The first-order valence-corrected chi connectivity index (χ1v) is 7.20. The molecule has 0 saturated heterocycles. The van der Waals surface area contributed by atoms with E-state index in [0.29, 0.717) is 41.7 Å². The van der Waals surface area contributed by atoms with Crippen molar-refractivity contribution in [1.82, 2.24) is 9.38 Å². The van der Waals surface area contributed by atoms with E-state index in [1.807, 2.05) is 18.2 Å². The largest absolute Gasteiger partial charge is 0.486 e. The summed E-state index contributed by atoms with van der Waals surface area (Å²) >= 11 is 0. The summed E-state index contributed by atoms with van der Waals surface area (Å²) in [5.74, 6) is 0.972. The molecule has 23 heavy (non-hydrogen) atoms. The molecule has 6 heteroatoms. The zero-order chi connectivity index (χ0) is 15.8. The number of pyridine rings is 1. The van der Waals surface area contributed by atoms with Gasteiger partial charge in [-0.15, -0.1) is 0 Å². The van der Waals surface area contributed by atoms with E-state index in [1.165, 1.54) is 12.3 Å². The molecule has 1 aliphatic heterocycles. The molecular weight excluding hydrogens is 297 g/mol. The van der Waals surface area contributed by atoms with Crippen LogP contribution in [-0.4, -0.2) is 22.6 Å². The molecule has 0 atom stereocenters. The number of benzene rings is 1. The number of hydrogen-bond acceptors (Lipinski definition) is 4. The Balaban J connectivity index is 1.91. The highest BCUT2D eigenvalue weighted by Gasteiger charge is 2.18. The van der Waals surface area contributed by atoms with Gasteiger partial charge >= 0.3 is 0 Å². The molecule has 0 spiro atoms. The molecule has 114 valence electrons. The van der Waals surface area contributed by atoms with Crippen molar-refractivity contribution < 1.29 is 13.9 Å². The fourth-order valence-corrected chi connectivity index (χ4v) is 2.73. The molecule has 4 rings (SSSR count). The minimum Gasteiger partial charge on any atom is -0.486 e. The molecule has 1 aromatic carbocycles. The highest BCUT2D eigenvalue weighted by molar-refractivity contribution is 5.70. The van der Waals surface area contributed by atoms with Crippen molar-refractivity contribution in [2.75, 3.05) is 13.2 Å². The number of hydrogen-bond donors (Lipinski definition) is 0. The second-order valence-corrected chi connectivity index (χ2v) is 5.18. The molecular formula is C17H12FN3O2. The number of nitriles is 1. The second-order valence-electron chi connectivity index (χ2n) is 5.18. The molecule has 1 aliphatic rings. The second kappa shape index (κ2) is 5.29. The van der Waals surface area contributed by atoms with Gasteiger partial charge in [-0.2, -0.15) is 5.26 Å². The normalized spacial score (nSPS) is 13.0. The predicted molar refractivity (Wildman–Crippen MR) is 80.9 cm³/mol. The van der Waals surface area contributed by atoms with E-state index >= 15 is 0 Å². The Bertz CT molecular complexity index is 943. The van der Waals surface area contributed by atoms with Gasteiger partial charge in [0.25, 0.3) is 0 Å². The van der Waals surface area contributed by atoms with E-state index in [2.05, 4.69) is 11.1 Å². The SMILES string of the molecule is N#CCc1c(-c2ccc3c(c2)OCCO3)nc2ccc(F)cn12. The van der Waals surface area contributed by atoms with Gasteiger partial charge in [-0.3, -0.25) is 4.40 Å². The van der Waals surface area contributed by atoms with Crippen molar-refractivity contribution >= 4 is 5.65 Å². The molecule has 5 nitrogen and oxygen atoms in total. The van der Waals surface area contributed by atoms with Crippen LogP contribution in [0.15, 0.2) is 36.5 Å². The van der Waals surface area contributed by atoms with Gasteiger partial charge in [0.1, 0.15) is 24.7 Å². The molecule has 0 bridgehead atoms. The van der Waals surface area contributed by atoms with Crippen LogP contribution >= 0.6 is 0 Å². The van der Waals surface area contributed by atoms with Crippen molar-refractivity contribution in [3.05, 3.63) is 48.0 Å². The van der Waals surface area contributed by atoms with Gasteiger partial charge in [0.15, 0.2) is 11.5 Å². The number of aromatic nitrogens is 2.